The third-order valence-electron chi connectivity index (χ3n) is 3.43. The summed E-state index contributed by atoms with van der Waals surface area (Å²) in [6, 6.07) is 16.3. The molecule has 3 heteroatoms. The molecule has 0 spiro atoms. The van der Waals surface area contributed by atoms with E-state index in [1.165, 1.54) is 16.7 Å². The summed E-state index contributed by atoms with van der Waals surface area (Å²) in [4.78, 5) is 4.50. The first-order chi connectivity index (χ1) is 9.74. The van der Waals surface area contributed by atoms with Crippen LogP contribution in [0.25, 0.3) is 11.4 Å². The van der Waals surface area contributed by atoms with Crippen molar-refractivity contribution in [3.8, 4) is 11.4 Å². The lowest BCUT2D eigenvalue weighted by Crippen LogP contribution is -2.02. The molecule has 0 unspecified atom stereocenters. The van der Waals surface area contributed by atoms with E-state index in [-0.39, 0.29) is 0 Å². The van der Waals surface area contributed by atoms with Gasteiger partial charge < -0.3 is 10.3 Å². The van der Waals surface area contributed by atoms with Crippen molar-refractivity contribution in [2.75, 3.05) is 5.73 Å². The van der Waals surface area contributed by atoms with E-state index in [1.54, 1.807) is 0 Å². The lowest BCUT2D eigenvalue weighted by atomic mass is 10.1. The highest BCUT2D eigenvalue weighted by atomic mass is 15.1. The van der Waals surface area contributed by atoms with Gasteiger partial charge in [0.1, 0.15) is 5.82 Å². The van der Waals surface area contributed by atoms with Crippen LogP contribution in [0.2, 0.25) is 0 Å². The first-order valence-corrected chi connectivity index (χ1v) is 6.65. The van der Waals surface area contributed by atoms with Crippen LogP contribution < -0.4 is 5.73 Å². The summed E-state index contributed by atoms with van der Waals surface area (Å²) in [7, 11) is 0. The molecule has 1 aromatic heterocycles. The van der Waals surface area contributed by atoms with E-state index in [1.807, 2.05) is 36.7 Å². The lowest BCUT2D eigenvalue weighted by molar-refractivity contribution is 0.806. The first kappa shape index (κ1) is 12.5. The summed E-state index contributed by atoms with van der Waals surface area (Å²) >= 11 is 0. The maximum absolute atomic E-state index is 5.72. The average molecular weight is 263 g/mol. The van der Waals surface area contributed by atoms with Crippen molar-refractivity contribution < 1.29 is 0 Å². The minimum Gasteiger partial charge on any atom is -0.399 e. The molecular weight excluding hydrogens is 246 g/mol. The Morgan fingerprint density at radius 1 is 1.05 bits per heavy atom. The SMILES string of the molecule is Cc1ccccc1-c1nccn1Cc1ccc(N)cc1. The van der Waals surface area contributed by atoms with Gasteiger partial charge in [0, 0.05) is 30.2 Å². The number of hydrogen-bond donors (Lipinski definition) is 1. The number of benzene rings is 2. The molecule has 0 radical (unpaired) electrons. The Balaban J connectivity index is 1.95. The van der Waals surface area contributed by atoms with Gasteiger partial charge in [0.25, 0.3) is 0 Å². The Morgan fingerprint density at radius 2 is 1.80 bits per heavy atom. The van der Waals surface area contributed by atoms with Gasteiger partial charge in [0.05, 0.1) is 0 Å². The summed E-state index contributed by atoms with van der Waals surface area (Å²) < 4.78 is 2.16. The summed E-state index contributed by atoms with van der Waals surface area (Å²) in [5.41, 5.74) is 10.1. The summed E-state index contributed by atoms with van der Waals surface area (Å²) in [5.74, 6) is 1.000. The fourth-order valence-electron chi connectivity index (χ4n) is 2.32. The van der Waals surface area contributed by atoms with Gasteiger partial charge in [0.15, 0.2) is 0 Å². The summed E-state index contributed by atoms with van der Waals surface area (Å²) in [6.45, 7) is 2.90. The van der Waals surface area contributed by atoms with Gasteiger partial charge >= 0.3 is 0 Å². The van der Waals surface area contributed by atoms with Crippen molar-refractivity contribution in [2.24, 2.45) is 0 Å². The van der Waals surface area contributed by atoms with Crippen LogP contribution in [-0.2, 0) is 6.54 Å². The molecule has 0 aliphatic rings. The second kappa shape index (κ2) is 5.21. The first-order valence-electron chi connectivity index (χ1n) is 6.65. The molecule has 0 saturated carbocycles. The molecule has 2 aromatic carbocycles. The van der Waals surface area contributed by atoms with Crippen LogP contribution in [0.15, 0.2) is 60.9 Å². The predicted molar refractivity (Wildman–Crippen MR) is 82.4 cm³/mol. The van der Waals surface area contributed by atoms with E-state index in [2.05, 4.69) is 40.7 Å². The molecule has 0 saturated heterocycles. The average Bonchev–Trinajstić information content (AvgIpc) is 2.90. The highest BCUT2D eigenvalue weighted by molar-refractivity contribution is 5.60. The highest BCUT2D eigenvalue weighted by Gasteiger charge is 2.08. The minimum atomic E-state index is 0.790. The van der Waals surface area contributed by atoms with Crippen molar-refractivity contribution in [1.29, 1.82) is 0 Å². The smallest absolute Gasteiger partial charge is 0.140 e. The zero-order valence-corrected chi connectivity index (χ0v) is 11.5. The standard InChI is InChI=1S/C17H17N3/c1-13-4-2-3-5-16(13)17-19-10-11-20(17)12-14-6-8-15(18)9-7-14/h2-11H,12,18H2,1H3. The molecule has 0 amide bonds. The van der Waals surface area contributed by atoms with Gasteiger partial charge in [-0.25, -0.2) is 4.98 Å². The van der Waals surface area contributed by atoms with Crippen LogP contribution in [-0.4, -0.2) is 9.55 Å². The van der Waals surface area contributed by atoms with Gasteiger partial charge in [-0.2, -0.15) is 0 Å². The molecule has 0 aliphatic carbocycles. The van der Waals surface area contributed by atoms with Gasteiger partial charge in [-0.3, -0.25) is 0 Å². The van der Waals surface area contributed by atoms with Crippen LogP contribution in [0.5, 0.6) is 0 Å². The number of aromatic nitrogens is 2. The van der Waals surface area contributed by atoms with Gasteiger partial charge in [-0.1, -0.05) is 36.4 Å². The van der Waals surface area contributed by atoms with Crippen molar-refractivity contribution in [1.82, 2.24) is 9.55 Å². The van der Waals surface area contributed by atoms with Crippen LogP contribution in [0, 0.1) is 6.92 Å². The van der Waals surface area contributed by atoms with E-state index in [9.17, 15) is 0 Å². The Bertz CT molecular complexity index is 711. The number of imidazole rings is 1. The maximum atomic E-state index is 5.72. The van der Waals surface area contributed by atoms with E-state index in [0.717, 1.165) is 18.1 Å². The molecule has 3 aromatic rings. The van der Waals surface area contributed by atoms with E-state index >= 15 is 0 Å². The fourth-order valence-corrected chi connectivity index (χ4v) is 2.32. The molecule has 0 atom stereocenters. The molecule has 3 nitrogen and oxygen atoms in total. The number of rotatable bonds is 3. The number of anilines is 1. The Morgan fingerprint density at radius 3 is 2.55 bits per heavy atom. The van der Waals surface area contributed by atoms with Crippen molar-refractivity contribution in [3.63, 3.8) is 0 Å². The summed E-state index contributed by atoms with van der Waals surface area (Å²) in [5, 5.41) is 0. The van der Waals surface area contributed by atoms with Crippen molar-refractivity contribution in [3.05, 3.63) is 72.1 Å². The lowest BCUT2D eigenvalue weighted by Gasteiger charge is -2.10. The van der Waals surface area contributed by atoms with Gasteiger partial charge in [-0.15, -0.1) is 0 Å². The zero-order valence-electron chi connectivity index (χ0n) is 11.5. The molecule has 1 heterocycles. The van der Waals surface area contributed by atoms with Gasteiger partial charge in [-0.05, 0) is 30.2 Å². The third-order valence-corrected chi connectivity index (χ3v) is 3.43. The van der Waals surface area contributed by atoms with Crippen LogP contribution in [0.1, 0.15) is 11.1 Å². The van der Waals surface area contributed by atoms with E-state index in [0.29, 0.717) is 0 Å². The molecule has 0 aliphatic heterocycles. The Kier molecular flexibility index (Phi) is 3.25. The van der Waals surface area contributed by atoms with Gasteiger partial charge in [0.2, 0.25) is 0 Å². The molecular formula is C17H17N3. The molecule has 3 rings (SSSR count). The number of nitrogens with two attached hydrogens (primary N) is 1. The van der Waals surface area contributed by atoms with E-state index in [4.69, 9.17) is 5.73 Å². The van der Waals surface area contributed by atoms with Crippen molar-refractivity contribution >= 4 is 5.69 Å². The molecule has 20 heavy (non-hydrogen) atoms. The third kappa shape index (κ3) is 2.43. The topological polar surface area (TPSA) is 43.8 Å². The largest absolute Gasteiger partial charge is 0.399 e. The monoisotopic (exact) mass is 263 g/mol. The number of aryl methyl sites for hydroxylation is 1. The second-order valence-corrected chi connectivity index (χ2v) is 4.94. The van der Waals surface area contributed by atoms with E-state index < -0.39 is 0 Å². The summed E-state index contributed by atoms with van der Waals surface area (Å²) in [6.07, 6.45) is 3.86. The van der Waals surface area contributed by atoms with Crippen LogP contribution in [0.4, 0.5) is 5.69 Å². The Hall–Kier alpha value is -2.55. The number of nitrogens with zero attached hydrogens (tertiary/aromatic N) is 2. The number of hydrogen-bond acceptors (Lipinski definition) is 2. The van der Waals surface area contributed by atoms with Crippen LogP contribution >= 0.6 is 0 Å². The molecule has 2 N–H and O–H groups in total. The molecule has 100 valence electrons. The fraction of sp³-hybridized carbons (Fsp3) is 0.118. The zero-order chi connectivity index (χ0) is 13.9. The van der Waals surface area contributed by atoms with Crippen LogP contribution in [0.3, 0.4) is 0 Å². The second-order valence-electron chi connectivity index (χ2n) is 4.94. The molecule has 0 fully saturated rings. The highest BCUT2D eigenvalue weighted by Crippen LogP contribution is 2.22. The minimum absolute atomic E-state index is 0.790. The normalized spacial score (nSPS) is 10.7. The Labute approximate surface area is 118 Å². The maximum Gasteiger partial charge on any atom is 0.140 e. The molecule has 0 bridgehead atoms. The predicted octanol–water partition coefficient (Wildman–Crippen LogP) is 3.49. The number of nitrogen functional groups attached to an aromatic ring is 1. The quantitative estimate of drug-likeness (QED) is 0.735. The van der Waals surface area contributed by atoms with Crippen molar-refractivity contribution in [2.45, 2.75) is 13.5 Å².